The molecule has 2 rings (SSSR count). The molecule has 0 aromatic heterocycles. The summed E-state index contributed by atoms with van der Waals surface area (Å²) in [6.07, 6.45) is -0.268. The van der Waals surface area contributed by atoms with Gasteiger partial charge in [-0.1, -0.05) is 0 Å². The first-order chi connectivity index (χ1) is 7.90. The Morgan fingerprint density at radius 3 is 2.53 bits per heavy atom. The zero-order valence-electron chi connectivity index (χ0n) is 10.5. The highest BCUT2D eigenvalue weighted by atomic mass is 16.5. The predicted molar refractivity (Wildman–Crippen MR) is 61.7 cm³/mol. The number of morpholine rings is 1. The first-order valence-electron chi connectivity index (χ1n) is 5.77. The van der Waals surface area contributed by atoms with E-state index in [2.05, 4.69) is 5.32 Å². The van der Waals surface area contributed by atoms with Crippen molar-refractivity contribution in [3.05, 3.63) is 0 Å². The van der Waals surface area contributed by atoms with E-state index in [0.717, 1.165) is 33.1 Å². The van der Waals surface area contributed by atoms with Crippen LogP contribution in [0.1, 0.15) is 20.8 Å². The van der Waals surface area contributed by atoms with Gasteiger partial charge in [0.15, 0.2) is 0 Å². The van der Waals surface area contributed by atoms with Gasteiger partial charge in [0.2, 0.25) is 0 Å². The molecule has 6 heteroatoms. The van der Waals surface area contributed by atoms with Crippen molar-refractivity contribution in [3.8, 4) is 0 Å². The van der Waals surface area contributed by atoms with E-state index in [1.54, 1.807) is 0 Å². The zero-order valence-corrected chi connectivity index (χ0v) is 10.5. The molecule has 1 spiro atoms. The molecule has 2 aliphatic rings. The highest BCUT2D eigenvalue weighted by molar-refractivity contribution is 5.81. The molecule has 0 aromatic rings. The Balaban J connectivity index is 0.000000317. The van der Waals surface area contributed by atoms with Crippen LogP contribution in [-0.4, -0.2) is 59.8 Å². The van der Waals surface area contributed by atoms with E-state index in [9.17, 15) is 4.79 Å². The lowest BCUT2D eigenvalue weighted by Crippen LogP contribution is -2.71. The van der Waals surface area contributed by atoms with Gasteiger partial charge in [-0.3, -0.25) is 9.59 Å². The topological polar surface area (TPSA) is 78.9 Å². The minimum atomic E-state index is -0.833. The summed E-state index contributed by atoms with van der Waals surface area (Å²) in [6.45, 7) is 8.22. The summed E-state index contributed by atoms with van der Waals surface area (Å²) in [7, 11) is 0. The molecular formula is C11H20N2O4. The van der Waals surface area contributed by atoms with Crippen molar-refractivity contribution in [3.63, 3.8) is 0 Å². The van der Waals surface area contributed by atoms with Gasteiger partial charge in [-0.15, -0.1) is 0 Å². The number of ether oxygens (including phenoxy) is 1. The lowest BCUT2D eigenvalue weighted by atomic mass is 9.93. The van der Waals surface area contributed by atoms with Crippen molar-refractivity contribution >= 4 is 11.9 Å². The van der Waals surface area contributed by atoms with E-state index in [4.69, 9.17) is 14.6 Å². The normalized spacial score (nSPS) is 25.9. The maximum absolute atomic E-state index is 11.6. The van der Waals surface area contributed by atoms with Gasteiger partial charge in [0, 0.05) is 26.6 Å². The monoisotopic (exact) mass is 244 g/mol. The Hall–Kier alpha value is -1.14. The van der Waals surface area contributed by atoms with Crippen LogP contribution in [0.4, 0.5) is 0 Å². The number of nitrogens with zero attached hydrogens (tertiary/aromatic N) is 1. The molecular weight excluding hydrogens is 224 g/mol. The van der Waals surface area contributed by atoms with Crippen molar-refractivity contribution < 1.29 is 19.4 Å². The third kappa shape index (κ3) is 3.41. The third-order valence-corrected chi connectivity index (χ3v) is 2.84. The van der Waals surface area contributed by atoms with Crippen LogP contribution in [0.5, 0.6) is 0 Å². The number of amides is 1. The van der Waals surface area contributed by atoms with Crippen molar-refractivity contribution in [2.75, 3.05) is 26.2 Å². The molecule has 1 amide bonds. The van der Waals surface area contributed by atoms with Crippen LogP contribution in [0.2, 0.25) is 0 Å². The van der Waals surface area contributed by atoms with Crippen LogP contribution >= 0.6 is 0 Å². The maximum Gasteiger partial charge on any atom is 0.300 e. The van der Waals surface area contributed by atoms with Gasteiger partial charge in [0.1, 0.15) is 11.7 Å². The van der Waals surface area contributed by atoms with Gasteiger partial charge in [-0.25, -0.2) is 0 Å². The van der Waals surface area contributed by atoms with Gasteiger partial charge in [-0.2, -0.15) is 0 Å². The number of hydrogen-bond acceptors (Lipinski definition) is 4. The molecule has 2 N–H and O–H groups in total. The molecule has 2 saturated heterocycles. The lowest BCUT2D eigenvalue weighted by molar-refractivity contribution is -0.189. The van der Waals surface area contributed by atoms with E-state index in [-0.39, 0.29) is 17.6 Å². The first kappa shape index (κ1) is 13.9. The molecule has 0 aliphatic carbocycles. The molecule has 2 fully saturated rings. The average molecular weight is 244 g/mol. The number of nitrogens with one attached hydrogen (secondary N) is 1. The van der Waals surface area contributed by atoms with Gasteiger partial charge in [0.25, 0.3) is 11.9 Å². The number of hydrogen-bond donors (Lipinski definition) is 2. The molecule has 0 aromatic carbocycles. The minimum absolute atomic E-state index is 0.0800. The fourth-order valence-electron chi connectivity index (χ4n) is 2.01. The quantitative estimate of drug-likeness (QED) is 0.661. The number of aliphatic carboxylic acids is 1. The molecule has 0 saturated carbocycles. The Kier molecular flexibility index (Phi) is 4.47. The van der Waals surface area contributed by atoms with Crippen molar-refractivity contribution in [2.24, 2.45) is 0 Å². The summed E-state index contributed by atoms with van der Waals surface area (Å²) in [6, 6.07) is 0. The summed E-state index contributed by atoms with van der Waals surface area (Å²) in [5, 5.41) is 10.6. The van der Waals surface area contributed by atoms with Crippen LogP contribution < -0.4 is 5.32 Å². The lowest BCUT2D eigenvalue weighted by Gasteiger charge is -2.50. The molecule has 2 aliphatic heterocycles. The number of carbonyl (C=O) groups excluding carboxylic acids is 1. The SMILES string of the molecule is CC(=O)O.CCN1CC2(CNC2)O[C@@H](C)C1=O. The van der Waals surface area contributed by atoms with E-state index in [1.807, 2.05) is 18.7 Å². The maximum atomic E-state index is 11.6. The smallest absolute Gasteiger partial charge is 0.300 e. The second-order valence-electron chi connectivity index (χ2n) is 4.42. The van der Waals surface area contributed by atoms with E-state index in [0.29, 0.717) is 0 Å². The molecule has 0 unspecified atom stereocenters. The van der Waals surface area contributed by atoms with E-state index >= 15 is 0 Å². The second kappa shape index (κ2) is 5.46. The van der Waals surface area contributed by atoms with E-state index < -0.39 is 5.97 Å². The van der Waals surface area contributed by atoms with Gasteiger partial charge in [-0.05, 0) is 13.8 Å². The Morgan fingerprint density at radius 1 is 1.65 bits per heavy atom. The number of carboxylic acids is 1. The number of carboxylic acid groups (broad SMARTS) is 1. The summed E-state index contributed by atoms with van der Waals surface area (Å²) < 4.78 is 5.70. The average Bonchev–Trinajstić information content (AvgIpc) is 2.19. The predicted octanol–water partition coefficient (Wildman–Crippen LogP) is -0.313. The second-order valence-corrected chi connectivity index (χ2v) is 4.42. The van der Waals surface area contributed by atoms with Crippen molar-refractivity contribution in [1.29, 1.82) is 0 Å². The van der Waals surface area contributed by atoms with Crippen LogP contribution in [0.25, 0.3) is 0 Å². The van der Waals surface area contributed by atoms with Gasteiger partial charge < -0.3 is 20.1 Å². The van der Waals surface area contributed by atoms with Crippen molar-refractivity contribution in [2.45, 2.75) is 32.5 Å². The summed E-state index contributed by atoms with van der Waals surface area (Å²) in [4.78, 5) is 22.4. The number of carbonyl (C=O) groups is 2. The summed E-state index contributed by atoms with van der Waals surface area (Å²) >= 11 is 0. The standard InChI is InChI=1S/C9H16N2O2.C2H4O2/c1-3-11-6-9(4-10-5-9)13-7(2)8(11)12;1-2(3)4/h7,10H,3-6H2,1-2H3;1H3,(H,3,4)/t7-;/m0./s1. The van der Waals surface area contributed by atoms with E-state index in [1.165, 1.54) is 0 Å². The molecule has 17 heavy (non-hydrogen) atoms. The largest absolute Gasteiger partial charge is 0.481 e. The molecule has 0 bridgehead atoms. The molecule has 98 valence electrons. The summed E-state index contributed by atoms with van der Waals surface area (Å²) in [5.74, 6) is -0.708. The minimum Gasteiger partial charge on any atom is -0.481 e. The number of likely N-dealkylation sites (N-methyl/N-ethyl adjacent to an activating group) is 1. The van der Waals surface area contributed by atoms with Crippen LogP contribution in [-0.2, 0) is 14.3 Å². The molecule has 2 heterocycles. The van der Waals surface area contributed by atoms with Crippen LogP contribution in [0.15, 0.2) is 0 Å². The number of rotatable bonds is 1. The van der Waals surface area contributed by atoms with Crippen LogP contribution in [0, 0.1) is 0 Å². The highest BCUT2D eigenvalue weighted by Crippen LogP contribution is 2.25. The Bertz CT molecular complexity index is 298. The Morgan fingerprint density at radius 2 is 2.18 bits per heavy atom. The zero-order chi connectivity index (χ0) is 13.1. The van der Waals surface area contributed by atoms with Crippen LogP contribution in [0.3, 0.4) is 0 Å². The fraction of sp³-hybridized carbons (Fsp3) is 0.818. The third-order valence-electron chi connectivity index (χ3n) is 2.84. The highest BCUT2D eigenvalue weighted by Gasteiger charge is 2.46. The molecule has 1 atom stereocenters. The summed E-state index contributed by atoms with van der Waals surface area (Å²) in [5.41, 5.74) is -0.0800. The fourth-order valence-corrected chi connectivity index (χ4v) is 2.01. The molecule has 6 nitrogen and oxygen atoms in total. The Labute approximate surface area is 101 Å². The van der Waals surface area contributed by atoms with Crippen molar-refractivity contribution in [1.82, 2.24) is 10.2 Å². The van der Waals surface area contributed by atoms with Gasteiger partial charge >= 0.3 is 0 Å². The first-order valence-corrected chi connectivity index (χ1v) is 5.77. The van der Waals surface area contributed by atoms with Gasteiger partial charge in [0.05, 0.1) is 6.54 Å². The molecule has 0 radical (unpaired) electrons.